The molecular formula is C15H23N. The quantitative estimate of drug-likeness (QED) is 0.812. The van der Waals surface area contributed by atoms with E-state index in [0.29, 0.717) is 6.04 Å². The number of benzene rings is 1. The number of nitrogens with one attached hydrogen (secondary N) is 1. The van der Waals surface area contributed by atoms with E-state index in [4.69, 9.17) is 0 Å². The van der Waals surface area contributed by atoms with Gasteiger partial charge in [0.25, 0.3) is 0 Å². The monoisotopic (exact) mass is 217 g/mol. The highest BCUT2D eigenvalue weighted by Gasteiger charge is 2.21. The molecule has 0 spiro atoms. The molecule has 1 N–H and O–H groups in total. The molecule has 16 heavy (non-hydrogen) atoms. The maximum Gasteiger partial charge on any atom is 0.0326 e. The first kappa shape index (κ1) is 11.7. The van der Waals surface area contributed by atoms with Crippen molar-refractivity contribution in [1.29, 1.82) is 0 Å². The van der Waals surface area contributed by atoms with Crippen molar-refractivity contribution in [3.8, 4) is 0 Å². The lowest BCUT2D eigenvalue weighted by molar-refractivity contribution is 0.476. The SMILES string of the molecule is Cc1ccc2c(c1)C(NCCC(C)C)CC2. The summed E-state index contributed by atoms with van der Waals surface area (Å²) in [5.74, 6) is 0.797. The molecule has 0 amide bonds. The number of aryl methyl sites for hydroxylation is 2. The molecule has 0 saturated carbocycles. The minimum atomic E-state index is 0.605. The molecule has 0 radical (unpaired) electrons. The molecule has 1 aliphatic carbocycles. The van der Waals surface area contributed by atoms with Crippen molar-refractivity contribution in [2.75, 3.05) is 6.54 Å². The Bertz CT molecular complexity index is 354. The van der Waals surface area contributed by atoms with Gasteiger partial charge < -0.3 is 5.32 Å². The molecule has 1 aromatic rings. The molecule has 1 unspecified atom stereocenters. The molecule has 0 fully saturated rings. The third kappa shape index (κ3) is 2.65. The Kier molecular flexibility index (Phi) is 3.65. The Morgan fingerprint density at radius 1 is 1.38 bits per heavy atom. The van der Waals surface area contributed by atoms with E-state index >= 15 is 0 Å². The molecule has 2 rings (SSSR count). The summed E-state index contributed by atoms with van der Waals surface area (Å²) in [6.07, 6.45) is 3.80. The van der Waals surface area contributed by atoms with Gasteiger partial charge >= 0.3 is 0 Å². The van der Waals surface area contributed by atoms with Gasteiger partial charge in [0.05, 0.1) is 0 Å². The van der Waals surface area contributed by atoms with Crippen molar-refractivity contribution in [3.05, 3.63) is 34.9 Å². The number of fused-ring (bicyclic) bond motifs is 1. The first-order valence-electron chi connectivity index (χ1n) is 6.49. The highest BCUT2D eigenvalue weighted by molar-refractivity contribution is 5.37. The van der Waals surface area contributed by atoms with Crippen molar-refractivity contribution >= 4 is 0 Å². The molecule has 1 aromatic carbocycles. The third-order valence-electron chi connectivity index (χ3n) is 3.49. The Morgan fingerprint density at radius 2 is 2.19 bits per heavy atom. The Labute approximate surface area is 99.3 Å². The summed E-state index contributed by atoms with van der Waals surface area (Å²) in [7, 11) is 0. The molecule has 0 heterocycles. The lowest BCUT2D eigenvalue weighted by Gasteiger charge is -2.15. The van der Waals surface area contributed by atoms with Crippen LogP contribution in [0.25, 0.3) is 0 Å². The van der Waals surface area contributed by atoms with Crippen LogP contribution in [-0.2, 0) is 6.42 Å². The largest absolute Gasteiger partial charge is 0.310 e. The van der Waals surface area contributed by atoms with Crippen LogP contribution >= 0.6 is 0 Å². The zero-order valence-corrected chi connectivity index (χ0v) is 10.7. The van der Waals surface area contributed by atoms with Gasteiger partial charge in [-0.1, -0.05) is 37.6 Å². The van der Waals surface area contributed by atoms with Crippen LogP contribution in [0.4, 0.5) is 0 Å². The molecule has 1 aliphatic rings. The van der Waals surface area contributed by atoms with Crippen LogP contribution in [0.3, 0.4) is 0 Å². The molecular weight excluding hydrogens is 194 g/mol. The minimum Gasteiger partial charge on any atom is -0.310 e. The molecule has 0 aliphatic heterocycles. The van der Waals surface area contributed by atoms with Crippen molar-refractivity contribution in [1.82, 2.24) is 5.32 Å². The summed E-state index contributed by atoms with van der Waals surface area (Å²) in [5.41, 5.74) is 4.48. The highest BCUT2D eigenvalue weighted by atomic mass is 14.9. The van der Waals surface area contributed by atoms with E-state index in [0.717, 1.165) is 12.5 Å². The van der Waals surface area contributed by atoms with E-state index in [1.165, 1.54) is 24.8 Å². The minimum absolute atomic E-state index is 0.605. The second-order valence-electron chi connectivity index (χ2n) is 5.43. The first-order chi connectivity index (χ1) is 7.66. The van der Waals surface area contributed by atoms with E-state index in [-0.39, 0.29) is 0 Å². The van der Waals surface area contributed by atoms with E-state index in [9.17, 15) is 0 Å². The Morgan fingerprint density at radius 3 is 2.94 bits per heavy atom. The van der Waals surface area contributed by atoms with E-state index in [1.54, 1.807) is 11.1 Å². The van der Waals surface area contributed by atoms with Crippen molar-refractivity contribution in [2.45, 2.75) is 46.1 Å². The van der Waals surface area contributed by atoms with Crippen LogP contribution in [-0.4, -0.2) is 6.54 Å². The zero-order valence-electron chi connectivity index (χ0n) is 10.7. The van der Waals surface area contributed by atoms with Gasteiger partial charge in [0.2, 0.25) is 0 Å². The van der Waals surface area contributed by atoms with Crippen LogP contribution in [0.1, 0.15) is 49.4 Å². The van der Waals surface area contributed by atoms with Gasteiger partial charge in [0.15, 0.2) is 0 Å². The molecule has 0 bridgehead atoms. The van der Waals surface area contributed by atoms with Crippen molar-refractivity contribution in [3.63, 3.8) is 0 Å². The van der Waals surface area contributed by atoms with E-state index in [2.05, 4.69) is 44.3 Å². The van der Waals surface area contributed by atoms with Crippen molar-refractivity contribution in [2.24, 2.45) is 5.92 Å². The Balaban J connectivity index is 1.97. The summed E-state index contributed by atoms with van der Waals surface area (Å²) in [6.45, 7) is 7.91. The van der Waals surface area contributed by atoms with Crippen LogP contribution in [0, 0.1) is 12.8 Å². The van der Waals surface area contributed by atoms with Gasteiger partial charge in [-0.25, -0.2) is 0 Å². The summed E-state index contributed by atoms with van der Waals surface area (Å²) >= 11 is 0. The standard InChI is InChI=1S/C15H23N/c1-11(2)8-9-16-15-7-6-13-5-4-12(3)10-14(13)15/h4-5,10-11,15-16H,6-9H2,1-3H3. The predicted octanol–water partition coefficient (Wildman–Crippen LogP) is 3.62. The molecule has 88 valence electrons. The second kappa shape index (κ2) is 5.01. The fourth-order valence-electron chi connectivity index (χ4n) is 2.48. The number of hydrogen-bond acceptors (Lipinski definition) is 1. The summed E-state index contributed by atoms with van der Waals surface area (Å²) in [5, 5.41) is 3.70. The lowest BCUT2D eigenvalue weighted by Crippen LogP contribution is -2.21. The number of hydrogen-bond donors (Lipinski definition) is 1. The smallest absolute Gasteiger partial charge is 0.0326 e. The Hall–Kier alpha value is -0.820. The summed E-state index contributed by atoms with van der Waals surface area (Å²) in [4.78, 5) is 0. The second-order valence-corrected chi connectivity index (χ2v) is 5.43. The van der Waals surface area contributed by atoms with Gasteiger partial charge in [-0.2, -0.15) is 0 Å². The topological polar surface area (TPSA) is 12.0 Å². The van der Waals surface area contributed by atoms with Crippen LogP contribution in [0.15, 0.2) is 18.2 Å². The normalized spacial score (nSPS) is 19.1. The van der Waals surface area contributed by atoms with Crippen LogP contribution < -0.4 is 5.32 Å². The van der Waals surface area contributed by atoms with E-state index < -0.39 is 0 Å². The zero-order chi connectivity index (χ0) is 11.5. The summed E-state index contributed by atoms with van der Waals surface area (Å²) < 4.78 is 0. The van der Waals surface area contributed by atoms with Crippen molar-refractivity contribution < 1.29 is 0 Å². The highest BCUT2D eigenvalue weighted by Crippen LogP contribution is 2.31. The van der Waals surface area contributed by atoms with Gasteiger partial charge in [-0.05, 0) is 49.8 Å². The molecule has 0 saturated heterocycles. The average molecular weight is 217 g/mol. The average Bonchev–Trinajstić information content (AvgIpc) is 2.60. The summed E-state index contributed by atoms with van der Waals surface area (Å²) in [6, 6.07) is 7.49. The molecule has 1 heteroatoms. The number of rotatable bonds is 4. The molecule has 1 atom stereocenters. The lowest BCUT2D eigenvalue weighted by atomic mass is 10.0. The third-order valence-corrected chi connectivity index (χ3v) is 3.49. The first-order valence-corrected chi connectivity index (χ1v) is 6.49. The van der Waals surface area contributed by atoms with Gasteiger partial charge in [-0.3, -0.25) is 0 Å². The molecule has 1 nitrogen and oxygen atoms in total. The van der Waals surface area contributed by atoms with E-state index in [1.807, 2.05) is 0 Å². The predicted molar refractivity (Wildman–Crippen MR) is 69.7 cm³/mol. The van der Waals surface area contributed by atoms with Crippen LogP contribution in [0.2, 0.25) is 0 Å². The fourth-order valence-corrected chi connectivity index (χ4v) is 2.48. The van der Waals surface area contributed by atoms with Crippen LogP contribution in [0.5, 0.6) is 0 Å². The molecule has 0 aromatic heterocycles. The maximum atomic E-state index is 3.70. The maximum absolute atomic E-state index is 3.70. The van der Waals surface area contributed by atoms with Gasteiger partial charge in [0.1, 0.15) is 0 Å². The van der Waals surface area contributed by atoms with Gasteiger partial charge in [0, 0.05) is 6.04 Å². The van der Waals surface area contributed by atoms with Gasteiger partial charge in [-0.15, -0.1) is 0 Å². The fraction of sp³-hybridized carbons (Fsp3) is 0.600.